The van der Waals surface area contributed by atoms with Gasteiger partial charge in [0, 0.05) is 25.2 Å². The van der Waals surface area contributed by atoms with Crippen molar-refractivity contribution >= 4 is 17.5 Å². The van der Waals surface area contributed by atoms with Gasteiger partial charge in [0.15, 0.2) is 0 Å². The number of nitrogens with one attached hydrogen (secondary N) is 1. The average molecular weight is 433 g/mol. The van der Waals surface area contributed by atoms with Crippen LogP contribution < -0.4 is 14.8 Å². The van der Waals surface area contributed by atoms with Crippen LogP contribution >= 0.6 is 11.6 Å². The molecule has 6 nitrogen and oxygen atoms in total. The number of para-hydroxylation sites is 1. The molecule has 1 fully saturated rings. The number of piperidine rings is 1. The van der Waals surface area contributed by atoms with E-state index in [2.05, 4.69) is 10.2 Å². The maximum absolute atomic E-state index is 12.2. The van der Waals surface area contributed by atoms with Gasteiger partial charge in [0.05, 0.1) is 13.1 Å². The summed E-state index contributed by atoms with van der Waals surface area (Å²) < 4.78 is 17.3. The van der Waals surface area contributed by atoms with E-state index in [-0.39, 0.29) is 11.5 Å². The van der Waals surface area contributed by atoms with E-state index in [1.54, 1.807) is 13.2 Å². The Hall–Kier alpha value is -2.28. The molecule has 0 aliphatic carbocycles. The van der Waals surface area contributed by atoms with E-state index in [4.69, 9.17) is 25.8 Å². The number of halogens is 1. The van der Waals surface area contributed by atoms with Crippen molar-refractivity contribution in [1.29, 1.82) is 0 Å². The Balaban J connectivity index is 1.35. The van der Waals surface area contributed by atoms with Gasteiger partial charge >= 0.3 is 0 Å². The predicted octanol–water partition coefficient (Wildman–Crippen LogP) is 3.40. The summed E-state index contributed by atoms with van der Waals surface area (Å²) in [5, 5.41) is 3.56. The third-order valence-electron chi connectivity index (χ3n) is 5.30. The maximum atomic E-state index is 12.2. The van der Waals surface area contributed by atoms with E-state index in [1.165, 1.54) is 0 Å². The third-order valence-corrected chi connectivity index (χ3v) is 5.54. The molecule has 1 aliphatic heterocycles. The minimum absolute atomic E-state index is 0.00626. The standard InChI is InChI=1S/C23H29ClN2O4/c1-28-23(18-30-21-9-5-6-19(24)16-21)10-13-26(14-11-23)17-22(27)25-12-15-29-20-7-3-2-4-8-20/h2-9,16H,10-15,17-18H2,1H3,(H,25,27). The van der Waals surface area contributed by atoms with Crippen molar-refractivity contribution in [3.63, 3.8) is 0 Å². The first kappa shape index (κ1) is 22.4. The van der Waals surface area contributed by atoms with E-state index in [9.17, 15) is 4.79 Å². The highest BCUT2D eigenvalue weighted by atomic mass is 35.5. The molecule has 1 amide bonds. The van der Waals surface area contributed by atoms with Gasteiger partial charge in [-0.2, -0.15) is 0 Å². The number of benzene rings is 2. The Bertz CT molecular complexity index is 795. The second-order valence-electron chi connectivity index (χ2n) is 7.42. The van der Waals surface area contributed by atoms with Crippen LogP contribution in [0, 0.1) is 0 Å². The van der Waals surface area contributed by atoms with Gasteiger partial charge in [-0.05, 0) is 43.2 Å². The molecule has 0 aromatic heterocycles. The van der Waals surface area contributed by atoms with Gasteiger partial charge in [-0.25, -0.2) is 0 Å². The summed E-state index contributed by atoms with van der Waals surface area (Å²) in [5.74, 6) is 1.55. The van der Waals surface area contributed by atoms with Crippen LogP contribution in [0.3, 0.4) is 0 Å². The second-order valence-corrected chi connectivity index (χ2v) is 7.86. The predicted molar refractivity (Wildman–Crippen MR) is 117 cm³/mol. The molecule has 30 heavy (non-hydrogen) atoms. The van der Waals surface area contributed by atoms with Crippen molar-refractivity contribution in [3.05, 3.63) is 59.6 Å². The third kappa shape index (κ3) is 6.90. The molecule has 1 aliphatic rings. The summed E-state index contributed by atoms with van der Waals surface area (Å²) >= 11 is 6.02. The number of hydrogen-bond donors (Lipinski definition) is 1. The Morgan fingerprint density at radius 1 is 1.07 bits per heavy atom. The molecule has 1 saturated heterocycles. The molecule has 2 aromatic rings. The Labute approximate surface area is 183 Å². The molecule has 1 N–H and O–H groups in total. The van der Waals surface area contributed by atoms with Crippen LogP contribution in [0.1, 0.15) is 12.8 Å². The summed E-state index contributed by atoms with van der Waals surface area (Å²) in [4.78, 5) is 14.4. The number of carbonyl (C=O) groups excluding carboxylic acids is 1. The van der Waals surface area contributed by atoms with Gasteiger partial charge in [-0.3, -0.25) is 9.69 Å². The van der Waals surface area contributed by atoms with E-state index in [0.29, 0.717) is 31.3 Å². The Morgan fingerprint density at radius 3 is 2.50 bits per heavy atom. The fourth-order valence-corrected chi connectivity index (χ4v) is 3.61. The smallest absolute Gasteiger partial charge is 0.234 e. The molecule has 0 unspecified atom stereocenters. The molecule has 3 rings (SSSR count). The lowest BCUT2D eigenvalue weighted by atomic mass is 9.92. The number of likely N-dealkylation sites (tertiary alicyclic amines) is 1. The molecule has 0 bridgehead atoms. The number of methoxy groups -OCH3 is 1. The lowest BCUT2D eigenvalue weighted by Crippen LogP contribution is -2.51. The molecule has 2 aromatic carbocycles. The van der Waals surface area contributed by atoms with Crippen molar-refractivity contribution in [2.75, 3.05) is 46.5 Å². The molecule has 1 heterocycles. The lowest BCUT2D eigenvalue weighted by molar-refractivity contribution is -0.125. The van der Waals surface area contributed by atoms with Gasteiger partial charge in [-0.15, -0.1) is 0 Å². The van der Waals surface area contributed by atoms with Crippen LogP contribution in [-0.4, -0.2) is 62.9 Å². The highest BCUT2D eigenvalue weighted by Crippen LogP contribution is 2.27. The maximum Gasteiger partial charge on any atom is 0.234 e. The molecular weight excluding hydrogens is 404 g/mol. The highest BCUT2D eigenvalue weighted by Gasteiger charge is 2.36. The van der Waals surface area contributed by atoms with Crippen LogP contribution in [-0.2, 0) is 9.53 Å². The quantitative estimate of drug-likeness (QED) is 0.583. The Kier molecular flexibility index (Phi) is 8.37. The molecule has 7 heteroatoms. The zero-order valence-electron chi connectivity index (χ0n) is 17.3. The van der Waals surface area contributed by atoms with Crippen molar-refractivity contribution in [3.8, 4) is 11.5 Å². The minimum Gasteiger partial charge on any atom is -0.492 e. The van der Waals surface area contributed by atoms with Crippen molar-refractivity contribution in [1.82, 2.24) is 10.2 Å². The van der Waals surface area contributed by atoms with E-state index in [1.807, 2.05) is 48.5 Å². The summed E-state index contributed by atoms with van der Waals surface area (Å²) in [7, 11) is 1.72. The number of hydrogen-bond acceptors (Lipinski definition) is 5. The van der Waals surface area contributed by atoms with Crippen molar-refractivity contribution in [2.45, 2.75) is 18.4 Å². The van der Waals surface area contributed by atoms with E-state index < -0.39 is 0 Å². The number of carbonyl (C=O) groups is 1. The fourth-order valence-electron chi connectivity index (χ4n) is 3.43. The number of rotatable bonds is 10. The SMILES string of the molecule is COC1(COc2cccc(Cl)c2)CCN(CC(=O)NCCOc2ccccc2)CC1. The van der Waals surface area contributed by atoms with Crippen LogP contribution in [0.5, 0.6) is 11.5 Å². The van der Waals surface area contributed by atoms with Crippen LogP contribution in [0.2, 0.25) is 5.02 Å². The van der Waals surface area contributed by atoms with Crippen LogP contribution in [0.25, 0.3) is 0 Å². The summed E-state index contributed by atoms with van der Waals surface area (Å²) in [6, 6.07) is 16.9. The molecule has 0 radical (unpaired) electrons. The zero-order chi connectivity index (χ0) is 21.2. The first-order valence-corrected chi connectivity index (χ1v) is 10.6. The van der Waals surface area contributed by atoms with Crippen LogP contribution in [0.4, 0.5) is 0 Å². The lowest BCUT2D eigenvalue weighted by Gasteiger charge is -2.40. The van der Waals surface area contributed by atoms with Gasteiger partial charge in [0.1, 0.15) is 30.3 Å². The van der Waals surface area contributed by atoms with E-state index in [0.717, 1.165) is 37.4 Å². The normalized spacial score (nSPS) is 16.1. The minimum atomic E-state index is -0.348. The topological polar surface area (TPSA) is 60.0 Å². The Morgan fingerprint density at radius 2 is 1.80 bits per heavy atom. The largest absolute Gasteiger partial charge is 0.492 e. The van der Waals surface area contributed by atoms with Gasteiger partial charge in [0.2, 0.25) is 5.91 Å². The molecule has 162 valence electrons. The average Bonchev–Trinajstić information content (AvgIpc) is 2.77. The summed E-state index contributed by atoms with van der Waals surface area (Å²) in [5.41, 5.74) is -0.348. The molecule has 0 saturated carbocycles. The highest BCUT2D eigenvalue weighted by molar-refractivity contribution is 6.30. The molecule has 0 spiro atoms. The first-order valence-electron chi connectivity index (χ1n) is 10.2. The van der Waals surface area contributed by atoms with Gasteiger partial charge < -0.3 is 19.5 Å². The number of ether oxygens (including phenoxy) is 3. The molecule has 0 atom stereocenters. The first-order chi connectivity index (χ1) is 14.6. The fraction of sp³-hybridized carbons (Fsp3) is 0.435. The number of nitrogens with zero attached hydrogens (tertiary/aromatic N) is 1. The van der Waals surface area contributed by atoms with Crippen molar-refractivity contribution < 1.29 is 19.0 Å². The monoisotopic (exact) mass is 432 g/mol. The number of amides is 1. The van der Waals surface area contributed by atoms with E-state index >= 15 is 0 Å². The van der Waals surface area contributed by atoms with Gasteiger partial charge in [-0.1, -0.05) is 35.9 Å². The van der Waals surface area contributed by atoms with Crippen molar-refractivity contribution in [2.24, 2.45) is 0 Å². The van der Waals surface area contributed by atoms with Gasteiger partial charge in [0.25, 0.3) is 0 Å². The van der Waals surface area contributed by atoms with Crippen LogP contribution in [0.15, 0.2) is 54.6 Å². The molecular formula is C23H29ClN2O4. The zero-order valence-corrected chi connectivity index (χ0v) is 18.1. The summed E-state index contributed by atoms with van der Waals surface area (Å²) in [6.45, 7) is 3.32. The summed E-state index contributed by atoms with van der Waals surface area (Å²) in [6.07, 6.45) is 1.60. The second kappa shape index (κ2) is 11.2.